The Morgan fingerprint density at radius 1 is 0.793 bits per heavy atom. The maximum Gasteiger partial charge on any atom is 0.319 e. The minimum atomic E-state index is -0.423. The molecule has 0 aliphatic heterocycles. The minimum absolute atomic E-state index is 0.118. The van der Waals surface area contributed by atoms with Crippen LogP contribution < -0.4 is 16.0 Å². The molecule has 0 radical (unpaired) electrons. The fourth-order valence-corrected chi connectivity index (χ4v) is 3.53. The topological polar surface area (TPSA) is 75.2 Å². The highest BCUT2D eigenvalue weighted by Gasteiger charge is 2.11. The zero-order chi connectivity index (χ0) is 20.2. The predicted molar refractivity (Wildman–Crippen MR) is 117 cm³/mol. The molecule has 6 heteroatoms. The Kier molecular flexibility index (Phi) is 5.16. The van der Waals surface area contributed by atoms with Gasteiger partial charge in [-0.1, -0.05) is 36.4 Å². The van der Waals surface area contributed by atoms with Gasteiger partial charge >= 0.3 is 6.03 Å². The van der Waals surface area contributed by atoms with E-state index in [4.69, 9.17) is 0 Å². The average Bonchev–Trinajstić information content (AvgIpc) is 3.06. The van der Waals surface area contributed by atoms with Gasteiger partial charge in [0.05, 0.1) is 6.54 Å². The zero-order valence-electron chi connectivity index (χ0n) is 16.1. The lowest BCUT2D eigenvalue weighted by molar-refractivity contribution is -0.115. The Hall–Kier alpha value is -3.80. The van der Waals surface area contributed by atoms with Crippen LogP contribution in [0.3, 0.4) is 0 Å². The highest BCUT2D eigenvalue weighted by Crippen LogP contribution is 2.30. The molecule has 1 aromatic heterocycles. The largest absolute Gasteiger partial charge is 0.341 e. The number of nitrogens with zero attached hydrogens (tertiary/aromatic N) is 1. The van der Waals surface area contributed by atoms with Gasteiger partial charge in [0, 0.05) is 39.7 Å². The molecule has 0 unspecified atom stereocenters. The predicted octanol–water partition coefficient (Wildman–Crippen LogP) is 4.57. The number of nitrogens with one attached hydrogen (secondary N) is 3. The van der Waals surface area contributed by atoms with Crippen LogP contribution in [0.1, 0.15) is 6.92 Å². The molecule has 0 saturated carbocycles. The molecule has 1 heterocycles. The van der Waals surface area contributed by atoms with E-state index in [9.17, 15) is 9.59 Å². The van der Waals surface area contributed by atoms with E-state index in [0.717, 1.165) is 22.8 Å². The third kappa shape index (κ3) is 3.91. The van der Waals surface area contributed by atoms with Crippen LogP contribution in [0, 0.1) is 0 Å². The fourth-order valence-electron chi connectivity index (χ4n) is 3.53. The number of anilines is 2. The summed E-state index contributed by atoms with van der Waals surface area (Å²) in [7, 11) is 0. The zero-order valence-corrected chi connectivity index (χ0v) is 16.1. The van der Waals surface area contributed by atoms with Crippen LogP contribution in [0.25, 0.3) is 21.8 Å². The first-order valence-corrected chi connectivity index (χ1v) is 9.56. The van der Waals surface area contributed by atoms with Crippen molar-refractivity contribution in [3.8, 4) is 0 Å². The smallest absolute Gasteiger partial charge is 0.319 e. The number of benzene rings is 3. The van der Waals surface area contributed by atoms with Crippen LogP contribution in [0.15, 0.2) is 72.8 Å². The summed E-state index contributed by atoms with van der Waals surface area (Å²) in [4.78, 5) is 24.2. The van der Waals surface area contributed by atoms with Crippen LogP contribution in [0.2, 0.25) is 0 Å². The Labute approximate surface area is 168 Å². The normalized spacial score (nSPS) is 10.8. The average molecular weight is 386 g/mol. The van der Waals surface area contributed by atoms with Crippen molar-refractivity contribution in [3.63, 3.8) is 0 Å². The Balaban J connectivity index is 1.44. The summed E-state index contributed by atoms with van der Waals surface area (Å²) in [5.41, 5.74) is 3.68. The molecule has 0 aliphatic rings. The molecular formula is C23H22N4O2. The summed E-state index contributed by atoms with van der Waals surface area (Å²) in [5.74, 6) is -0.285. The Morgan fingerprint density at radius 2 is 1.52 bits per heavy atom. The molecule has 146 valence electrons. The van der Waals surface area contributed by atoms with Crippen molar-refractivity contribution in [2.75, 3.05) is 17.2 Å². The SMILES string of the molecule is CCn1c2ccccc2c2cc(NC(=O)CNC(=O)Nc3ccccc3)ccc21. The first-order valence-electron chi connectivity index (χ1n) is 9.56. The summed E-state index contributed by atoms with van der Waals surface area (Å²) < 4.78 is 2.26. The van der Waals surface area contributed by atoms with E-state index in [0.29, 0.717) is 11.4 Å². The van der Waals surface area contributed by atoms with E-state index in [1.807, 2.05) is 48.5 Å². The summed E-state index contributed by atoms with van der Waals surface area (Å²) in [6.07, 6.45) is 0. The lowest BCUT2D eigenvalue weighted by atomic mass is 10.1. The molecule has 3 N–H and O–H groups in total. The number of carbonyl (C=O) groups is 2. The van der Waals surface area contributed by atoms with Gasteiger partial charge in [-0.3, -0.25) is 4.79 Å². The van der Waals surface area contributed by atoms with Crippen molar-refractivity contribution in [3.05, 3.63) is 72.8 Å². The first kappa shape index (κ1) is 18.6. The second kappa shape index (κ2) is 8.06. The van der Waals surface area contributed by atoms with Crippen LogP contribution in [0.5, 0.6) is 0 Å². The first-order chi connectivity index (χ1) is 14.2. The number of hydrogen-bond donors (Lipinski definition) is 3. The van der Waals surface area contributed by atoms with Gasteiger partial charge in [0.1, 0.15) is 0 Å². The van der Waals surface area contributed by atoms with E-state index >= 15 is 0 Å². The number of hydrogen-bond acceptors (Lipinski definition) is 2. The van der Waals surface area contributed by atoms with Crippen LogP contribution in [0.4, 0.5) is 16.2 Å². The van der Waals surface area contributed by atoms with E-state index in [-0.39, 0.29) is 12.5 Å². The summed E-state index contributed by atoms with van der Waals surface area (Å²) >= 11 is 0. The van der Waals surface area contributed by atoms with Gasteiger partial charge in [0.25, 0.3) is 0 Å². The van der Waals surface area contributed by atoms with Crippen LogP contribution in [-0.2, 0) is 11.3 Å². The van der Waals surface area contributed by atoms with Gasteiger partial charge in [-0.15, -0.1) is 0 Å². The fraction of sp³-hybridized carbons (Fsp3) is 0.130. The second-order valence-corrected chi connectivity index (χ2v) is 6.72. The van der Waals surface area contributed by atoms with Crippen molar-refractivity contribution < 1.29 is 9.59 Å². The number of aromatic nitrogens is 1. The van der Waals surface area contributed by atoms with Gasteiger partial charge in [-0.25, -0.2) is 4.79 Å². The Bertz CT molecular complexity index is 1180. The summed E-state index contributed by atoms with van der Waals surface area (Å²) in [6.45, 7) is 2.87. The number of carbonyl (C=O) groups excluding carboxylic acids is 2. The van der Waals surface area contributed by atoms with E-state index in [1.54, 1.807) is 12.1 Å². The molecule has 6 nitrogen and oxygen atoms in total. The monoisotopic (exact) mass is 386 g/mol. The maximum atomic E-state index is 12.3. The van der Waals surface area contributed by atoms with Gasteiger partial charge < -0.3 is 20.5 Å². The number of aryl methyl sites for hydroxylation is 1. The third-order valence-electron chi connectivity index (χ3n) is 4.81. The van der Waals surface area contributed by atoms with Crippen molar-refractivity contribution in [2.24, 2.45) is 0 Å². The molecule has 4 rings (SSSR count). The van der Waals surface area contributed by atoms with Gasteiger partial charge in [0.2, 0.25) is 5.91 Å². The minimum Gasteiger partial charge on any atom is -0.341 e. The molecule has 3 amide bonds. The molecule has 0 fully saturated rings. The highest BCUT2D eigenvalue weighted by molar-refractivity contribution is 6.10. The molecular weight excluding hydrogens is 364 g/mol. The van der Waals surface area contributed by atoms with Gasteiger partial charge in [-0.05, 0) is 43.3 Å². The lowest BCUT2D eigenvalue weighted by Crippen LogP contribution is -2.35. The molecule has 4 aromatic rings. The standard InChI is InChI=1S/C23H22N4O2/c1-2-27-20-11-7-6-10-18(20)19-14-17(12-13-21(19)27)25-22(28)15-24-23(29)26-16-8-4-3-5-9-16/h3-14H,2,15H2,1H3,(H,25,28)(H2,24,26,29). The molecule has 3 aromatic carbocycles. The van der Waals surface area contributed by atoms with Crippen molar-refractivity contribution in [1.29, 1.82) is 0 Å². The van der Waals surface area contributed by atoms with Crippen molar-refractivity contribution >= 4 is 45.1 Å². The lowest BCUT2D eigenvalue weighted by Gasteiger charge is -2.09. The quantitative estimate of drug-likeness (QED) is 0.470. The van der Waals surface area contributed by atoms with Crippen molar-refractivity contribution in [2.45, 2.75) is 13.5 Å². The summed E-state index contributed by atoms with van der Waals surface area (Å²) in [6, 6.07) is 22.8. The van der Waals surface area contributed by atoms with E-state index < -0.39 is 6.03 Å². The number of para-hydroxylation sites is 2. The molecule has 0 spiro atoms. The van der Waals surface area contributed by atoms with Gasteiger partial charge in [-0.2, -0.15) is 0 Å². The van der Waals surface area contributed by atoms with Gasteiger partial charge in [0.15, 0.2) is 0 Å². The number of amides is 3. The Morgan fingerprint density at radius 3 is 2.31 bits per heavy atom. The summed E-state index contributed by atoms with van der Waals surface area (Å²) in [5, 5.41) is 10.3. The highest BCUT2D eigenvalue weighted by atomic mass is 16.2. The molecule has 0 aliphatic carbocycles. The molecule has 0 atom stereocenters. The number of urea groups is 1. The third-order valence-corrected chi connectivity index (χ3v) is 4.81. The second-order valence-electron chi connectivity index (χ2n) is 6.72. The molecule has 29 heavy (non-hydrogen) atoms. The van der Waals surface area contributed by atoms with Crippen LogP contribution >= 0.6 is 0 Å². The molecule has 0 saturated heterocycles. The molecule has 0 bridgehead atoms. The number of fused-ring (bicyclic) bond motifs is 3. The van der Waals surface area contributed by atoms with Crippen LogP contribution in [-0.4, -0.2) is 23.1 Å². The van der Waals surface area contributed by atoms with Crippen molar-refractivity contribution in [1.82, 2.24) is 9.88 Å². The maximum absolute atomic E-state index is 12.3. The van der Waals surface area contributed by atoms with E-state index in [2.05, 4.69) is 39.6 Å². The van der Waals surface area contributed by atoms with E-state index in [1.165, 1.54) is 5.52 Å². The number of rotatable bonds is 5.